The van der Waals surface area contributed by atoms with Crippen molar-refractivity contribution in [3.8, 4) is 0 Å². The molecule has 0 amide bonds. The summed E-state index contributed by atoms with van der Waals surface area (Å²) in [5.74, 6) is 0. The molecule has 3 rings (SSSR count). The van der Waals surface area contributed by atoms with Gasteiger partial charge in [-0.05, 0) is 23.6 Å². The molecule has 3 aromatic rings. The number of nitrogens with zero attached hydrogens (tertiary/aromatic N) is 2. The predicted octanol–water partition coefficient (Wildman–Crippen LogP) is 2.42. The van der Waals surface area contributed by atoms with Gasteiger partial charge >= 0.3 is 11.1 Å². The van der Waals surface area contributed by atoms with Crippen LogP contribution < -0.4 is 11.1 Å². The minimum Gasteiger partial charge on any atom is -0.305 e. The summed E-state index contributed by atoms with van der Waals surface area (Å²) in [6, 6.07) is 17.5. The lowest BCUT2D eigenvalue weighted by molar-refractivity contribution is 0.664. The summed E-state index contributed by atoms with van der Waals surface area (Å²) < 4.78 is 2.91. The molecule has 1 heterocycles. The third-order valence-corrected chi connectivity index (χ3v) is 3.93. The molecule has 0 spiro atoms. The molecule has 0 saturated heterocycles. The van der Waals surface area contributed by atoms with Gasteiger partial charge in [0.25, 0.3) is 0 Å². The van der Waals surface area contributed by atoms with Crippen LogP contribution in [0.15, 0.2) is 76.6 Å². The SMILES string of the molecule is Cc1ccccc1Cn1ccn(Cc2ccccc2)c(=O)c1=O. The molecule has 0 atom stereocenters. The maximum atomic E-state index is 12.3. The van der Waals surface area contributed by atoms with E-state index in [1.165, 1.54) is 9.13 Å². The predicted molar refractivity (Wildman–Crippen MR) is 90.8 cm³/mol. The van der Waals surface area contributed by atoms with Gasteiger partial charge in [0.15, 0.2) is 0 Å². The minimum atomic E-state index is -0.495. The lowest BCUT2D eigenvalue weighted by Gasteiger charge is -2.10. The van der Waals surface area contributed by atoms with Gasteiger partial charge in [-0.1, -0.05) is 54.6 Å². The first-order chi connectivity index (χ1) is 11.1. The molecule has 0 bridgehead atoms. The molecule has 23 heavy (non-hydrogen) atoms. The van der Waals surface area contributed by atoms with Crippen molar-refractivity contribution in [1.82, 2.24) is 9.13 Å². The van der Waals surface area contributed by atoms with Crippen molar-refractivity contribution < 1.29 is 0 Å². The van der Waals surface area contributed by atoms with Gasteiger partial charge in [0.05, 0.1) is 13.1 Å². The maximum Gasteiger partial charge on any atom is 0.316 e. The molecule has 4 heteroatoms. The molecule has 0 aliphatic carbocycles. The summed E-state index contributed by atoms with van der Waals surface area (Å²) in [5.41, 5.74) is 2.14. The maximum absolute atomic E-state index is 12.3. The van der Waals surface area contributed by atoms with E-state index in [1.807, 2.05) is 61.5 Å². The Kier molecular flexibility index (Phi) is 4.24. The third kappa shape index (κ3) is 3.31. The normalized spacial score (nSPS) is 10.7. The highest BCUT2D eigenvalue weighted by Gasteiger charge is 2.07. The fraction of sp³-hybridized carbons (Fsp3) is 0.158. The Morgan fingerprint density at radius 1 is 0.739 bits per heavy atom. The van der Waals surface area contributed by atoms with Crippen LogP contribution >= 0.6 is 0 Å². The van der Waals surface area contributed by atoms with Crippen molar-refractivity contribution in [2.24, 2.45) is 0 Å². The molecule has 0 unspecified atom stereocenters. The molecule has 0 aliphatic rings. The highest BCUT2D eigenvalue weighted by molar-refractivity contribution is 5.25. The Bertz CT molecular complexity index is 924. The Morgan fingerprint density at radius 3 is 1.96 bits per heavy atom. The molecule has 1 aromatic heterocycles. The van der Waals surface area contributed by atoms with Gasteiger partial charge in [0.1, 0.15) is 0 Å². The first-order valence-corrected chi connectivity index (χ1v) is 7.53. The Hall–Kier alpha value is -2.88. The van der Waals surface area contributed by atoms with Crippen molar-refractivity contribution in [3.63, 3.8) is 0 Å². The van der Waals surface area contributed by atoms with Gasteiger partial charge in [-0.15, -0.1) is 0 Å². The zero-order valence-corrected chi connectivity index (χ0v) is 13.0. The molecule has 0 fully saturated rings. The van der Waals surface area contributed by atoms with Crippen molar-refractivity contribution in [3.05, 3.63) is 104 Å². The highest BCUT2D eigenvalue weighted by Crippen LogP contribution is 2.07. The lowest BCUT2D eigenvalue weighted by Crippen LogP contribution is -2.40. The van der Waals surface area contributed by atoms with Crippen molar-refractivity contribution in [2.75, 3.05) is 0 Å². The second-order valence-corrected chi connectivity index (χ2v) is 5.58. The molecule has 2 aromatic carbocycles. The number of aromatic nitrogens is 2. The van der Waals surface area contributed by atoms with E-state index in [1.54, 1.807) is 12.4 Å². The van der Waals surface area contributed by atoms with Crippen molar-refractivity contribution in [2.45, 2.75) is 20.0 Å². The van der Waals surface area contributed by atoms with E-state index in [4.69, 9.17) is 0 Å². The summed E-state index contributed by atoms with van der Waals surface area (Å²) in [6.45, 7) is 2.81. The smallest absolute Gasteiger partial charge is 0.305 e. The van der Waals surface area contributed by atoms with Crippen LogP contribution in [0.25, 0.3) is 0 Å². The summed E-state index contributed by atoms with van der Waals surface area (Å²) in [4.78, 5) is 24.6. The van der Waals surface area contributed by atoms with Gasteiger partial charge in [-0.25, -0.2) is 0 Å². The van der Waals surface area contributed by atoms with Crippen LogP contribution in [-0.4, -0.2) is 9.13 Å². The Morgan fingerprint density at radius 2 is 1.30 bits per heavy atom. The Balaban J connectivity index is 1.91. The van der Waals surface area contributed by atoms with E-state index in [2.05, 4.69) is 0 Å². The summed E-state index contributed by atoms with van der Waals surface area (Å²) in [6.07, 6.45) is 3.36. The van der Waals surface area contributed by atoms with Crippen LogP contribution in [0.5, 0.6) is 0 Å². The van der Waals surface area contributed by atoms with Crippen molar-refractivity contribution in [1.29, 1.82) is 0 Å². The lowest BCUT2D eigenvalue weighted by atomic mass is 10.1. The molecule has 0 N–H and O–H groups in total. The monoisotopic (exact) mass is 306 g/mol. The summed E-state index contributed by atoms with van der Waals surface area (Å²) in [5, 5.41) is 0. The topological polar surface area (TPSA) is 44.0 Å². The average molecular weight is 306 g/mol. The number of aryl methyl sites for hydroxylation is 1. The van der Waals surface area contributed by atoms with Crippen LogP contribution in [-0.2, 0) is 13.1 Å². The Labute approximate surface area is 134 Å². The minimum absolute atomic E-state index is 0.403. The number of rotatable bonds is 4. The largest absolute Gasteiger partial charge is 0.316 e. The zero-order valence-electron chi connectivity index (χ0n) is 13.0. The van der Waals surface area contributed by atoms with E-state index in [0.29, 0.717) is 13.1 Å². The van der Waals surface area contributed by atoms with Crippen LogP contribution in [0, 0.1) is 6.92 Å². The van der Waals surface area contributed by atoms with E-state index >= 15 is 0 Å². The molecule has 0 aliphatic heterocycles. The van der Waals surface area contributed by atoms with E-state index in [-0.39, 0.29) is 0 Å². The van der Waals surface area contributed by atoms with Gasteiger partial charge in [-0.2, -0.15) is 0 Å². The second-order valence-electron chi connectivity index (χ2n) is 5.58. The van der Waals surface area contributed by atoms with E-state index < -0.39 is 11.1 Å². The quantitative estimate of drug-likeness (QED) is 0.695. The van der Waals surface area contributed by atoms with Gasteiger partial charge in [0, 0.05) is 12.4 Å². The van der Waals surface area contributed by atoms with Crippen LogP contribution in [0.1, 0.15) is 16.7 Å². The van der Waals surface area contributed by atoms with Gasteiger partial charge in [-0.3, -0.25) is 9.59 Å². The molecular weight excluding hydrogens is 288 g/mol. The number of hydrogen-bond acceptors (Lipinski definition) is 2. The number of hydrogen-bond donors (Lipinski definition) is 0. The van der Waals surface area contributed by atoms with E-state index in [9.17, 15) is 9.59 Å². The van der Waals surface area contributed by atoms with Crippen LogP contribution in [0.2, 0.25) is 0 Å². The molecule has 0 radical (unpaired) electrons. The van der Waals surface area contributed by atoms with Gasteiger partial charge < -0.3 is 9.13 Å². The summed E-state index contributed by atoms with van der Waals surface area (Å²) in [7, 11) is 0. The van der Waals surface area contributed by atoms with Crippen LogP contribution in [0.4, 0.5) is 0 Å². The first kappa shape index (κ1) is 15.0. The number of benzene rings is 2. The second kappa shape index (κ2) is 6.48. The standard InChI is InChI=1S/C19H18N2O2/c1-15-7-5-6-10-17(15)14-21-12-11-20(18(22)19(21)23)13-16-8-3-2-4-9-16/h2-12H,13-14H2,1H3. The van der Waals surface area contributed by atoms with Gasteiger partial charge in [0.2, 0.25) is 0 Å². The van der Waals surface area contributed by atoms with Crippen LogP contribution in [0.3, 0.4) is 0 Å². The molecule has 4 nitrogen and oxygen atoms in total. The van der Waals surface area contributed by atoms with E-state index in [0.717, 1.165) is 16.7 Å². The summed E-state index contributed by atoms with van der Waals surface area (Å²) >= 11 is 0. The first-order valence-electron chi connectivity index (χ1n) is 7.53. The third-order valence-electron chi connectivity index (χ3n) is 3.93. The average Bonchev–Trinajstić information content (AvgIpc) is 2.57. The highest BCUT2D eigenvalue weighted by atomic mass is 16.2. The molecule has 116 valence electrons. The zero-order chi connectivity index (χ0) is 16.2. The van der Waals surface area contributed by atoms with Crippen molar-refractivity contribution >= 4 is 0 Å². The molecular formula is C19H18N2O2. The fourth-order valence-corrected chi connectivity index (χ4v) is 2.54. The molecule has 0 saturated carbocycles. The fourth-order valence-electron chi connectivity index (χ4n) is 2.54.